The summed E-state index contributed by atoms with van der Waals surface area (Å²) in [5.41, 5.74) is -1.73. The van der Waals surface area contributed by atoms with E-state index >= 15 is 0 Å². The molecule has 0 radical (unpaired) electrons. The van der Waals surface area contributed by atoms with Crippen LogP contribution in [0.3, 0.4) is 0 Å². The molecule has 1 aromatic rings. The number of hydrogen-bond donors (Lipinski definition) is 4. The number of aromatic amines is 2. The Hall–Kier alpha value is -1.61. The number of unbranched alkanes of at least 4 members (excludes halogenated alkanes) is 2. The van der Waals surface area contributed by atoms with Crippen LogP contribution in [0.1, 0.15) is 26.2 Å². The van der Waals surface area contributed by atoms with Crippen molar-refractivity contribution in [2.75, 3.05) is 11.3 Å². The quantitative estimate of drug-likeness (QED) is 0.501. The number of hydrogen-bond acceptors (Lipinski definition) is 4. The Labute approximate surface area is 104 Å². The fraction of sp³-hybridized carbons (Fsp3) is 0.556. The molecule has 0 aliphatic heterocycles. The number of nitrogens with one attached hydrogen (secondary N) is 4. The first-order valence-corrected chi connectivity index (χ1v) is 7.02. The van der Waals surface area contributed by atoms with Gasteiger partial charge in [-0.15, -0.1) is 0 Å². The predicted octanol–water partition coefficient (Wildman–Crippen LogP) is -0.500. The van der Waals surface area contributed by atoms with Gasteiger partial charge in [-0.2, -0.15) is 13.1 Å². The van der Waals surface area contributed by atoms with E-state index in [1.54, 1.807) is 0 Å². The molecule has 4 N–H and O–H groups in total. The van der Waals surface area contributed by atoms with Gasteiger partial charge in [0.25, 0.3) is 15.8 Å². The Bertz CT molecular complexity index is 589. The molecule has 0 saturated carbocycles. The molecule has 0 fully saturated rings. The van der Waals surface area contributed by atoms with Crippen molar-refractivity contribution in [2.24, 2.45) is 0 Å². The summed E-state index contributed by atoms with van der Waals surface area (Å²) in [6, 6.07) is 0. The van der Waals surface area contributed by atoms with Crippen LogP contribution in [-0.2, 0) is 10.2 Å². The van der Waals surface area contributed by atoms with E-state index in [0.29, 0.717) is 6.54 Å². The van der Waals surface area contributed by atoms with Gasteiger partial charge in [0.1, 0.15) is 5.69 Å². The van der Waals surface area contributed by atoms with Gasteiger partial charge in [0.15, 0.2) is 0 Å². The van der Waals surface area contributed by atoms with Crippen LogP contribution in [0, 0.1) is 0 Å². The van der Waals surface area contributed by atoms with Crippen molar-refractivity contribution in [2.45, 2.75) is 26.2 Å². The second-order valence-electron chi connectivity index (χ2n) is 3.69. The van der Waals surface area contributed by atoms with Crippen LogP contribution in [0.25, 0.3) is 0 Å². The SMILES string of the molecule is CCCCCNS(=O)(=O)Nc1c[nH]c(=O)[nH]c1=O. The number of H-pyrrole nitrogens is 2. The largest absolute Gasteiger partial charge is 0.325 e. The Morgan fingerprint density at radius 3 is 2.61 bits per heavy atom. The lowest BCUT2D eigenvalue weighted by Crippen LogP contribution is -2.34. The van der Waals surface area contributed by atoms with Crippen molar-refractivity contribution >= 4 is 15.9 Å². The van der Waals surface area contributed by atoms with Crippen LogP contribution in [0.5, 0.6) is 0 Å². The maximum atomic E-state index is 11.5. The molecule has 0 bridgehead atoms. The Balaban J connectivity index is 2.65. The van der Waals surface area contributed by atoms with Gasteiger partial charge in [-0.3, -0.25) is 14.5 Å². The standard InChI is InChI=1S/C9H16N4O4S/c1-2-3-4-5-11-18(16,17)13-7-6-10-9(15)12-8(7)14/h6,11,13H,2-5H2,1H3,(H2,10,12,14,15). The molecular weight excluding hydrogens is 260 g/mol. The zero-order valence-electron chi connectivity index (χ0n) is 9.95. The van der Waals surface area contributed by atoms with E-state index < -0.39 is 21.5 Å². The highest BCUT2D eigenvalue weighted by atomic mass is 32.2. The lowest BCUT2D eigenvalue weighted by molar-refractivity contribution is 0.581. The second-order valence-corrected chi connectivity index (χ2v) is 5.19. The lowest BCUT2D eigenvalue weighted by atomic mass is 10.3. The highest BCUT2D eigenvalue weighted by Gasteiger charge is 2.11. The van der Waals surface area contributed by atoms with Crippen molar-refractivity contribution in [1.82, 2.24) is 14.7 Å². The first-order valence-electron chi connectivity index (χ1n) is 5.54. The average Bonchev–Trinajstić information content (AvgIpc) is 2.28. The van der Waals surface area contributed by atoms with Crippen LogP contribution in [0.4, 0.5) is 5.69 Å². The summed E-state index contributed by atoms with van der Waals surface area (Å²) >= 11 is 0. The van der Waals surface area contributed by atoms with Gasteiger partial charge in [0.05, 0.1) is 0 Å². The molecule has 0 aliphatic carbocycles. The van der Waals surface area contributed by atoms with Crippen molar-refractivity contribution in [3.05, 3.63) is 27.0 Å². The van der Waals surface area contributed by atoms with Crippen LogP contribution in [-0.4, -0.2) is 24.9 Å². The summed E-state index contributed by atoms with van der Waals surface area (Å²) in [7, 11) is -3.79. The van der Waals surface area contributed by atoms with Gasteiger partial charge in [0.2, 0.25) is 0 Å². The molecule has 18 heavy (non-hydrogen) atoms. The highest BCUT2D eigenvalue weighted by molar-refractivity contribution is 7.90. The molecule has 1 aromatic heterocycles. The number of rotatable bonds is 7. The molecule has 9 heteroatoms. The van der Waals surface area contributed by atoms with E-state index in [9.17, 15) is 18.0 Å². The summed E-state index contributed by atoms with van der Waals surface area (Å²) in [4.78, 5) is 26.1. The molecule has 0 aromatic carbocycles. The zero-order chi connectivity index (χ0) is 13.6. The van der Waals surface area contributed by atoms with Gasteiger partial charge in [-0.25, -0.2) is 4.79 Å². The summed E-state index contributed by atoms with van der Waals surface area (Å²) in [5.74, 6) is 0. The molecule has 0 aliphatic rings. The van der Waals surface area contributed by atoms with Crippen molar-refractivity contribution in [3.63, 3.8) is 0 Å². The summed E-state index contributed by atoms with van der Waals surface area (Å²) < 4.78 is 27.4. The maximum Gasteiger partial charge on any atom is 0.325 e. The lowest BCUT2D eigenvalue weighted by Gasteiger charge is -2.07. The third-order valence-corrected chi connectivity index (χ3v) is 3.21. The van der Waals surface area contributed by atoms with Gasteiger partial charge in [-0.1, -0.05) is 19.8 Å². The number of aromatic nitrogens is 2. The van der Waals surface area contributed by atoms with Crippen LogP contribution in [0.2, 0.25) is 0 Å². The smallest absolute Gasteiger partial charge is 0.312 e. The first kappa shape index (κ1) is 14.5. The van der Waals surface area contributed by atoms with E-state index in [4.69, 9.17) is 0 Å². The fourth-order valence-electron chi connectivity index (χ4n) is 1.25. The second kappa shape index (κ2) is 6.36. The highest BCUT2D eigenvalue weighted by Crippen LogP contribution is 1.97. The molecule has 0 saturated heterocycles. The summed E-state index contributed by atoms with van der Waals surface area (Å²) in [6.07, 6.45) is 3.63. The minimum Gasteiger partial charge on any atom is -0.312 e. The predicted molar refractivity (Wildman–Crippen MR) is 67.8 cm³/mol. The van der Waals surface area contributed by atoms with Crippen molar-refractivity contribution in [3.8, 4) is 0 Å². The van der Waals surface area contributed by atoms with Gasteiger partial charge in [0, 0.05) is 12.7 Å². The molecule has 0 amide bonds. The van der Waals surface area contributed by atoms with E-state index in [1.807, 2.05) is 16.6 Å². The van der Waals surface area contributed by atoms with E-state index in [-0.39, 0.29) is 5.69 Å². The number of anilines is 1. The van der Waals surface area contributed by atoms with E-state index in [2.05, 4.69) is 9.71 Å². The molecular formula is C9H16N4O4S. The molecule has 102 valence electrons. The van der Waals surface area contributed by atoms with Gasteiger partial charge >= 0.3 is 5.69 Å². The van der Waals surface area contributed by atoms with Gasteiger partial charge < -0.3 is 4.98 Å². The molecule has 0 unspecified atom stereocenters. The molecule has 1 rings (SSSR count). The normalized spacial score (nSPS) is 11.4. The van der Waals surface area contributed by atoms with Gasteiger partial charge in [-0.05, 0) is 6.42 Å². The van der Waals surface area contributed by atoms with Crippen molar-refractivity contribution in [1.29, 1.82) is 0 Å². The summed E-state index contributed by atoms with van der Waals surface area (Å²) in [6.45, 7) is 2.30. The van der Waals surface area contributed by atoms with E-state index in [0.717, 1.165) is 25.5 Å². The van der Waals surface area contributed by atoms with Crippen LogP contribution in [0.15, 0.2) is 15.8 Å². The molecule has 8 nitrogen and oxygen atoms in total. The van der Waals surface area contributed by atoms with Crippen molar-refractivity contribution < 1.29 is 8.42 Å². The topological polar surface area (TPSA) is 124 Å². The Morgan fingerprint density at radius 1 is 1.28 bits per heavy atom. The summed E-state index contributed by atoms with van der Waals surface area (Å²) in [5, 5.41) is 0. The maximum absolute atomic E-state index is 11.5. The monoisotopic (exact) mass is 276 g/mol. The Kier molecular flexibility index (Phi) is 5.10. The fourth-order valence-corrected chi connectivity index (χ4v) is 2.17. The molecule has 0 spiro atoms. The third kappa shape index (κ3) is 4.72. The van der Waals surface area contributed by atoms with Crippen LogP contribution < -0.4 is 20.7 Å². The first-order chi connectivity index (χ1) is 8.44. The van der Waals surface area contributed by atoms with Crippen LogP contribution >= 0.6 is 0 Å². The minimum absolute atomic E-state index is 0.238. The average molecular weight is 276 g/mol. The molecule has 1 heterocycles. The molecule has 0 atom stereocenters. The van der Waals surface area contributed by atoms with E-state index in [1.165, 1.54) is 0 Å². The zero-order valence-corrected chi connectivity index (χ0v) is 10.8. The minimum atomic E-state index is -3.79. The Morgan fingerprint density at radius 2 is 2.00 bits per heavy atom. The third-order valence-electron chi connectivity index (χ3n) is 2.14.